The number of halogens is 9. The van der Waals surface area contributed by atoms with E-state index in [9.17, 15) is 39.5 Å². The second kappa shape index (κ2) is 14.1. The van der Waals surface area contributed by atoms with Gasteiger partial charge in [-0.05, 0) is 97.8 Å². The van der Waals surface area contributed by atoms with E-state index in [0.29, 0.717) is 36.8 Å². The molecular formula is C31H40F9NO3S2. The Morgan fingerprint density at radius 3 is 2.28 bits per heavy atom. The monoisotopic (exact) mass is 709 g/mol. The molecule has 2 saturated carbocycles. The number of hydrogen-bond acceptors (Lipinski definition) is 6. The van der Waals surface area contributed by atoms with Crippen molar-refractivity contribution in [1.29, 1.82) is 0 Å². The van der Waals surface area contributed by atoms with Gasteiger partial charge in [-0.2, -0.15) is 39.5 Å². The van der Waals surface area contributed by atoms with Gasteiger partial charge in [0.15, 0.2) is 0 Å². The van der Waals surface area contributed by atoms with Crippen molar-refractivity contribution < 1.29 is 53.7 Å². The Kier molecular flexibility index (Phi) is 11.1. The number of aryl methyl sites for hydroxylation is 1. The van der Waals surface area contributed by atoms with Crippen LogP contribution in [0.1, 0.15) is 68.9 Å². The van der Waals surface area contributed by atoms with Crippen molar-refractivity contribution >= 4 is 21.6 Å². The average Bonchev–Trinajstić information content (AvgIpc) is 3.31. The first-order valence-corrected chi connectivity index (χ1v) is 18.3. The number of rotatable bonds is 11. The van der Waals surface area contributed by atoms with Crippen molar-refractivity contribution in [2.45, 2.75) is 100 Å². The summed E-state index contributed by atoms with van der Waals surface area (Å²) >= 11 is 0. The molecule has 0 spiro atoms. The number of nitrogens with one attached hydrogen (secondary N) is 1. The van der Waals surface area contributed by atoms with Gasteiger partial charge in [0.1, 0.15) is 12.4 Å². The maximum atomic E-state index is 13.1. The molecule has 15 heteroatoms. The predicted octanol–water partition coefficient (Wildman–Crippen LogP) is 8.88. The van der Waals surface area contributed by atoms with Crippen LogP contribution in [0.2, 0.25) is 0 Å². The summed E-state index contributed by atoms with van der Waals surface area (Å²) in [5.41, 5.74) is -3.85. The van der Waals surface area contributed by atoms with E-state index in [-0.39, 0.29) is 18.1 Å². The van der Waals surface area contributed by atoms with Crippen molar-refractivity contribution in [2.24, 2.45) is 17.3 Å². The molecule has 0 amide bonds. The molecule has 4 nitrogen and oxygen atoms in total. The summed E-state index contributed by atoms with van der Waals surface area (Å²) in [5, 5.41) is 3.56. The quantitative estimate of drug-likeness (QED) is 0.141. The molecule has 3 aliphatic carbocycles. The van der Waals surface area contributed by atoms with E-state index in [1.807, 2.05) is 27.7 Å². The topological polar surface area (TPSA) is 39.7 Å². The van der Waals surface area contributed by atoms with E-state index < -0.39 is 37.2 Å². The molecule has 1 aromatic rings. The van der Waals surface area contributed by atoms with E-state index in [1.54, 1.807) is 0 Å². The zero-order chi connectivity index (χ0) is 33.4. The standard InChI is InChI=1S/C31H40F9NO3S2/c1-27-11-9-23-22-6-4-21(42-15-12-41-20-10-16-45-46-18-20)17-19(22)3-5-24(23)25(27)7-8-26(27)43-13-2-14-44-28(29(32,33)34,30(35,36)37)31(38,39)40/h4,6,17,20,23-26,41H,2-3,5,7-16,18H2,1H3/t20-,23+,24+,25-,26-,27-/m0/s1. The summed E-state index contributed by atoms with van der Waals surface area (Å²) in [6.45, 7) is 1.80. The van der Waals surface area contributed by atoms with Crippen molar-refractivity contribution in [2.75, 3.05) is 37.9 Å². The third-order valence-electron chi connectivity index (χ3n) is 10.4. The second-order valence-corrected chi connectivity index (χ2v) is 15.7. The van der Waals surface area contributed by atoms with Crippen LogP contribution in [0.25, 0.3) is 0 Å². The summed E-state index contributed by atoms with van der Waals surface area (Å²) in [5.74, 6) is 4.26. The highest BCUT2D eigenvalue weighted by molar-refractivity contribution is 8.76. The van der Waals surface area contributed by atoms with E-state index in [0.717, 1.165) is 55.9 Å². The molecule has 1 saturated heterocycles. The fourth-order valence-electron chi connectivity index (χ4n) is 8.17. The minimum atomic E-state index is -6.73. The predicted molar refractivity (Wildman–Crippen MR) is 159 cm³/mol. The summed E-state index contributed by atoms with van der Waals surface area (Å²) in [6.07, 6.45) is -14.6. The van der Waals surface area contributed by atoms with E-state index in [4.69, 9.17) is 9.47 Å². The second-order valence-electron chi connectivity index (χ2n) is 13.0. The van der Waals surface area contributed by atoms with Gasteiger partial charge in [-0.1, -0.05) is 34.6 Å². The molecule has 0 aromatic heterocycles. The maximum Gasteiger partial charge on any atom is 0.435 e. The minimum absolute atomic E-state index is 0.237. The Labute approximate surface area is 271 Å². The zero-order valence-corrected chi connectivity index (χ0v) is 27.1. The van der Waals surface area contributed by atoms with Crippen LogP contribution in [0.3, 0.4) is 0 Å². The maximum absolute atomic E-state index is 13.1. The Hall–Kier alpha value is -1.03. The van der Waals surface area contributed by atoms with Gasteiger partial charge in [0.25, 0.3) is 0 Å². The molecule has 4 aliphatic rings. The Morgan fingerprint density at radius 1 is 0.870 bits per heavy atom. The van der Waals surface area contributed by atoms with Gasteiger partial charge >= 0.3 is 24.1 Å². The molecule has 1 aliphatic heterocycles. The fourth-order valence-corrected chi connectivity index (χ4v) is 10.6. The molecule has 0 radical (unpaired) electrons. The lowest BCUT2D eigenvalue weighted by Gasteiger charge is -2.50. The Balaban J connectivity index is 1.12. The van der Waals surface area contributed by atoms with Crippen LogP contribution in [0, 0.1) is 17.3 Å². The molecule has 1 aromatic carbocycles. The van der Waals surface area contributed by atoms with Crippen LogP contribution < -0.4 is 10.1 Å². The van der Waals surface area contributed by atoms with E-state index in [1.165, 1.54) is 17.5 Å². The van der Waals surface area contributed by atoms with Gasteiger partial charge in [0.05, 0.1) is 12.7 Å². The van der Waals surface area contributed by atoms with Crippen molar-refractivity contribution in [1.82, 2.24) is 5.32 Å². The SMILES string of the molecule is C[C@]12CC[C@@H]3c4ccc(OCCN[C@H]5CCSSC5)cc4CC[C@H]3[C@@H]1CC[C@@H]2OCCCOC(C(F)(F)F)(C(F)(F)F)C(F)(F)F. The summed E-state index contributed by atoms with van der Waals surface area (Å²) < 4.78 is 134. The average molecular weight is 710 g/mol. The minimum Gasteiger partial charge on any atom is -0.492 e. The number of ether oxygens (including phenoxy) is 3. The number of alkyl halides is 9. The summed E-state index contributed by atoms with van der Waals surface area (Å²) in [4.78, 5) is 0. The van der Waals surface area contributed by atoms with Crippen LogP contribution in [0.4, 0.5) is 39.5 Å². The highest BCUT2D eigenvalue weighted by atomic mass is 33.1. The van der Waals surface area contributed by atoms with Crippen molar-refractivity contribution in [3.63, 3.8) is 0 Å². The Morgan fingerprint density at radius 2 is 1.61 bits per heavy atom. The van der Waals surface area contributed by atoms with Gasteiger partial charge in [0, 0.05) is 30.7 Å². The van der Waals surface area contributed by atoms with Gasteiger partial charge in [0.2, 0.25) is 0 Å². The smallest absolute Gasteiger partial charge is 0.435 e. The molecule has 262 valence electrons. The molecule has 6 atom stereocenters. The van der Waals surface area contributed by atoms with Crippen molar-refractivity contribution in [3.8, 4) is 5.75 Å². The van der Waals surface area contributed by atoms with Gasteiger partial charge < -0.3 is 19.5 Å². The molecule has 1 heterocycles. The van der Waals surface area contributed by atoms with Crippen LogP contribution >= 0.6 is 21.6 Å². The van der Waals surface area contributed by atoms with Crippen LogP contribution in [0.15, 0.2) is 18.2 Å². The number of hydrogen-bond donors (Lipinski definition) is 1. The molecule has 5 rings (SSSR count). The van der Waals surface area contributed by atoms with Crippen LogP contribution in [-0.2, 0) is 15.9 Å². The van der Waals surface area contributed by atoms with E-state index in [2.05, 4.69) is 29.1 Å². The lowest BCUT2D eigenvalue weighted by molar-refractivity contribution is -0.457. The molecule has 0 unspecified atom stereocenters. The van der Waals surface area contributed by atoms with Crippen LogP contribution in [0.5, 0.6) is 5.75 Å². The molecule has 0 bridgehead atoms. The largest absolute Gasteiger partial charge is 0.492 e. The van der Waals surface area contributed by atoms with Crippen LogP contribution in [-0.4, -0.2) is 74.1 Å². The molecule has 1 N–H and O–H groups in total. The first-order valence-electron chi connectivity index (χ1n) is 15.8. The fraction of sp³-hybridized carbons (Fsp3) is 0.806. The third kappa shape index (κ3) is 7.14. The molecule has 3 fully saturated rings. The van der Waals surface area contributed by atoms with E-state index >= 15 is 0 Å². The highest BCUT2D eigenvalue weighted by Crippen LogP contribution is 2.62. The van der Waals surface area contributed by atoms with Gasteiger partial charge in [-0.25, -0.2) is 0 Å². The molecule has 46 heavy (non-hydrogen) atoms. The lowest BCUT2D eigenvalue weighted by atomic mass is 9.55. The number of fused-ring (bicyclic) bond motifs is 5. The number of benzene rings is 1. The van der Waals surface area contributed by atoms with Gasteiger partial charge in [-0.3, -0.25) is 0 Å². The zero-order valence-electron chi connectivity index (χ0n) is 25.5. The summed E-state index contributed by atoms with van der Waals surface area (Å²) in [7, 11) is 3.82. The highest BCUT2D eigenvalue weighted by Gasteiger charge is 2.85. The first kappa shape index (κ1) is 36.3. The molecular weight excluding hydrogens is 669 g/mol. The van der Waals surface area contributed by atoms with Gasteiger partial charge in [-0.15, -0.1) is 0 Å². The third-order valence-corrected chi connectivity index (χ3v) is 13.0. The lowest BCUT2D eigenvalue weighted by Crippen LogP contribution is -2.67. The van der Waals surface area contributed by atoms with Crippen molar-refractivity contribution in [3.05, 3.63) is 29.3 Å². The Bertz CT molecular complexity index is 1140. The first-order chi connectivity index (χ1) is 21.6. The normalized spacial score (nSPS) is 30.4. The summed E-state index contributed by atoms with van der Waals surface area (Å²) in [6, 6.07) is 6.90.